The molecule has 0 radical (unpaired) electrons. The summed E-state index contributed by atoms with van der Waals surface area (Å²) in [6.45, 7) is 4.49. The Morgan fingerprint density at radius 2 is 1.46 bits per heavy atom. The minimum Gasteiger partial charge on any atom is -0.376 e. The molecule has 0 aliphatic rings. The summed E-state index contributed by atoms with van der Waals surface area (Å²) < 4.78 is 0. The van der Waals surface area contributed by atoms with Crippen molar-refractivity contribution in [2.24, 2.45) is 0 Å². The van der Waals surface area contributed by atoms with Gasteiger partial charge in [0.25, 0.3) is 5.91 Å². The lowest BCUT2D eigenvalue weighted by molar-refractivity contribution is -0.116. The highest BCUT2D eigenvalue weighted by Crippen LogP contribution is 2.15. The second kappa shape index (κ2) is 10.7. The third kappa shape index (κ3) is 6.75. The zero-order valence-corrected chi connectivity index (χ0v) is 16.2. The van der Waals surface area contributed by atoms with Crippen LogP contribution in [0.1, 0.15) is 37.0 Å². The van der Waals surface area contributed by atoms with Crippen LogP contribution < -0.4 is 21.3 Å². The van der Waals surface area contributed by atoms with Gasteiger partial charge in [0.2, 0.25) is 11.8 Å². The Kier molecular flexibility index (Phi) is 8.02. The molecule has 28 heavy (non-hydrogen) atoms. The summed E-state index contributed by atoms with van der Waals surface area (Å²) >= 11 is 0. The van der Waals surface area contributed by atoms with Crippen LogP contribution in [0.15, 0.2) is 48.5 Å². The van der Waals surface area contributed by atoms with E-state index in [4.69, 9.17) is 0 Å². The first kappa shape index (κ1) is 21.0. The highest BCUT2D eigenvalue weighted by molar-refractivity contribution is 5.96. The standard InChI is InChI=1S/C21H26N4O3/c1-3-12-22-21(28)15-8-10-16(11-9-15)23-14-20(27)25-18-7-5-6-17(13-18)24-19(26)4-2/h5-11,13,23H,3-4,12,14H2,1-2H3,(H,22,28)(H,24,26)(H,25,27). The van der Waals surface area contributed by atoms with Gasteiger partial charge in [-0.3, -0.25) is 14.4 Å². The molecule has 7 nitrogen and oxygen atoms in total. The zero-order valence-electron chi connectivity index (χ0n) is 16.2. The van der Waals surface area contributed by atoms with Crippen LogP contribution in [0.3, 0.4) is 0 Å². The summed E-state index contributed by atoms with van der Waals surface area (Å²) in [5, 5.41) is 11.4. The quantitative estimate of drug-likeness (QED) is 0.535. The fraction of sp³-hybridized carbons (Fsp3) is 0.286. The minimum absolute atomic E-state index is 0.0763. The predicted molar refractivity (Wildman–Crippen MR) is 112 cm³/mol. The number of amides is 3. The van der Waals surface area contributed by atoms with Crippen LogP contribution in [0, 0.1) is 0 Å². The second-order valence-corrected chi connectivity index (χ2v) is 6.22. The van der Waals surface area contributed by atoms with Gasteiger partial charge >= 0.3 is 0 Å². The van der Waals surface area contributed by atoms with E-state index in [-0.39, 0.29) is 24.3 Å². The van der Waals surface area contributed by atoms with Crippen LogP contribution in [0.4, 0.5) is 17.1 Å². The van der Waals surface area contributed by atoms with Crippen molar-refractivity contribution in [2.75, 3.05) is 29.0 Å². The second-order valence-electron chi connectivity index (χ2n) is 6.22. The SMILES string of the molecule is CCCNC(=O)c1ccc(NCC(=O)Nc2cccc(NC(=O)CC)c2)cc1. The van der Waals surface area contributed by atoms with Crippen LogP contribution in [0.5, 0.6) is 0 Å². The number of benzene rings is 2. The fourth-order valence-electron chi connectivity index (χ4n) is 2.39. The van der Waals surface area contributed by atoms with Gasteiger partial charge in [-0.25, -0.2) is 0 Å². The Morgan fingerprint density at radius 3 is 2.07 bits per heavy atom. The highest BCUT2D eigenvalue weighted by Gasteiger charge is 2.06. The average Bonchev–Trinajstić information content (AvgIpc) is 2.71. The molecule has 0 bridgehead atoms. The molecule has 0 aromatic heterocycles. The predicted octanol–water partition coefficient (Wildman–Crippen LogP) is 3.23. The van der Waals surface area contributed by atoms with Gasteiger partial charge in [0.05, 0.1) is 6.54 Å². The molecule has 2 aromatic carbocycles. The van der Waals surface area contributed by atoms with Gasteiger partial charge in [0.1, 0.15) is 0 Å². The summed E-state index contributed by atoms with van der Waals surface area (Å²) in [6, 6.07) is 13.9. The summed E-state index contributed by atoms with van der Waals surface area (Å²) in [4.78, 5) is 35.5. The van der Waals surface area contributed by atoms with E-state index in [2.05, 4.69) is 21.3 Å². The van der Waals surface area contributed by atoms with Crippen LogP contribution in [-0.2, 0) is 9.59 Å². The molecule has 0 fully saturated rings. The largest absolute Gasteiger partial charge is 0.376 e. The molecule has 4 N–H and O–H groups in total. The molecular weight excluding hydrogens is 356 g/mol. The Hall–Kier alpha value is -3.35. The fourth-order valence-corrected chi connectivity index (χ4v) is 2.39. The number of hydrogen-bond acceptors (Lipinski definition) is 4. The monoisotopic (exact) mass is 382 g/mol. The lowest BCUT2D eigenvalue weighted by atomic mass is 10.2. The number of anilines is 3. The van der Waals surface area contributed by atoms with E-state index >= 15 is 0 Å². The van der Waals surface area contributed by atoms with E-state index in [0.29, 0.717) is 29.9 Å². The summed E-state index contributed by atoms with van der Waals surface area (Å²) in [7, 11) is 0. The first-order valence-corrected chi connectivity index (χ1v) is 9.33. The molecule has 3 amide bonds. The lowest BCUT2D eigenvalue weighted by Crippen LogP contribution is -2.24. The lowest BCUT2D eigenvalue weighted by Gasteiger charge is -2.10. The van der Waals surface area contributed by atoms with Crippen LogP contribution >= 0.6 is 0 Å². The molecule has 2 aromatic rings. The maximum Gasteiger partial charge on any atom is 0.251 e. The molecule has 0 aliphatic heterocycles. The molecule has 0 spiro atoms. The summed E-state index contributed by atoms with van der Waals surface area (Å²) in [5.74, 6) is -0.415. The van der Waals surface area contributed by atoms with Crippen molar-refractivity contribution in [3.05, 3.63) is 54.1 Å². The highest BCUT2D eigenvalue weighted by atomic mass is 16.2. The number of nitrogens with one attached hydrogen (secondary N) is 4. The van der Waals surface area contributed by atoms with Crippen molar-refractivity contribution in [1.29, 1.82) is 0 Å². The molecule has 2 rings (SSSR count). The van der Waals surface area contributed by atoms with Gasteiger partial charge in [-0.15, -0.1) is 0 Å². The van der Waals surface area contributed by atoms with Crippen molar-refractivity contribution in [1.82, 2.24) is 5.32 Å². The number of carbonyl (C=O) groups excluding carboxylic acids is 3. The Morgan fingerprint density at radius 1 is 0.821 bits per heavy atom. The summed E-state index contributed by atoms with van der Waals surface area (Å²) in [6.07, 6.45) is 1.27. The third-order valence-electron chi connectivity index (χ3n) is 3.89. The van der Waals surface area contributed by atoms with E-state index in [1.54, 1.807) is 55.5 Å². The Balaban J connectivity index is 1.84. The minimum atomic E-state index is -0.219. The maximum absolute atomic E-state index is 12.1. The van der Waals surface area contributed by atoms with Crippen LogP contribution in [0.25, 0.3) is 0 Å². The molecule has 0 unspecified atom stereocenters. The summed E-state index contributed by atoms with van der Waals surface area (Å²) in [5.41, 5.74) is 2.55. The molecule has 148 valence electrons. The van der Waals surface area contributed by atoms with Gasteiger partial charge in [-0.05, 0) is 48.9 Å². The number of hydrogen-bond donors (Lipinski definition) is 4. The molecule has 0 aliphatic carbocycles. The average molecular weight is 382 g/mol. The molecule has 0 atom stereocenters. The molecule has 0 saturated heterocycles. The number of rotatable bonds is 9. The van der Waals surface area contributed by atoms with E-state index in [1.807, 2.05) is 6.92 Å². The molecule has 0 saturated carbocycles. The third-order valence-corrected chi connectivity index (χ3v) is 3.89. The van der Waals surface area contributed by atoms with Gasteiger partial charge < -0.3 is 21.3 Å². The normalized spacial score (nSPS) is 10.1. The first-order chi connectivity index (χ1) is 13.5. The Bertz CT molecular complexity index is 819. The van der Waals surface area contributed by atoms with Crippen molar-refractivity contribution in [3.8, 4) is 0 Å². The smallest absolute Gasteiger partial charge is 0.251 e. The van der Waals surface area contributed by atoms with E-state index < -0.39 is 0 Å². The van der Waals surface area contributed by atoms with Crippen LogP contribution in [0.2, 0.25) is 0 Å². The molecule has 0 heterocycles. The van der Waals surface area contributed by atoms with Crippen molar-refractivity contribution in [3.63, 3.8) is 0 Å². The van der Waals surface area contributed by atoms with Gasteiger partial charge in [-0.1, -0.05) is 19.9 Å². The van der Waals surface area contributed by atoms with Crippen LogP contribution in [-0.4, -0.2) is 30.8 Å². The van der Waals surface area contributed by atoms with Crippen molar-refractivity contribution in [2.45, 2.75) is 26.7 Å². The molecule has 7 heteroatoms. The van der Waals surface area contributed by atoms with E-state index in [9.17, 15) is 14.4 Å². The Labute approximate surface area is 164 Å². The number of carbonyl (C=O) groups is 3. The zero-order chi connectivity index (χ0) is 20.4. The van der Waals surface area contributed by atoms with Gasteiger partial charge in [-0.2, -0.15) is 0 Å². The van der Waals surface area contributed by atoms with Crippen molar-refractivity contribution >= 4 is 34.8 Å². The first-order valence-electron chi connectivity index (χ1n) is 9.33. The van der Waals surface area contributed by atoms with Crippen molar-refractivity contribution < 1.29 is 14.4 Å². The van der Waals surface area contributed by atoms with E-state index in [1.165, 1.54) is 0 Å². The molecular formula is C21H26N4O3. The maximum atomic E-state index is 12.1. The topological polar surface area (TPSA) is 99.3 Å². The van der Waals surface area contributed by atoms with Gasteiger partial charge in [0.15, 0.2) is 0 Å². The van der Waals surface area contributed by atoms with Gasteiger partial charge in [0, 0.05) is 35.6 Å². The van der Waals surface area contributed by atoms with E-state index in [0.717, 1.165) is 12.1 Å².